The predicted octanol–water partition coefficient (Wildman–Crippen LogP) is 0.743. The molecule has 2 N–H and O–H groups in total. The van der Waals surface area contributed by atoms with Crippen LogP contribution < -0.4 is 5.32 Å². The van der Waals surface area contributed by atoms with E-state index < -0.39 is 31.8 Å². The first kappa shape index (κ1) is 17.7. The van der Waals surface area contributed by atoms with Gasteiger partial charge in [-0.05, 0) is 12.1 Å². The van der Waals surface area contributed by atoms with Crippen LogP contribution in [0.15, 0.2) is 25.8 Å². The largest absolute Gasteiger partial charge is 0.504 e. The average Bonchev–Trinajstić information content (AvgIpc) is 2.81. The van der Waals surface area contributed by atoms with Gasteiger partial charge in [0.2, 0.25) is 15.9 Å². The third-order valence-electron chi connectivity index (χ3n) is 2.80. The van der Waals surface area contributed by atoms with Crippen molar-refractivity contribution in [3.8, 4) is 5.75 Å². The fourth-order valence-electron chi connectivity index (χ4n) is 1.66. The van der Waals surface area contributed by atoms with Gasteiger partial charge >= 0.3 is 0 Å². The molecule has 1 atom stereocenters. The molecule has 0 bridgehead atoms. The number of methoxy groups -OCH3 is 1. The molecular formula is C11H13ClN4O5S2. The summed E-state index contributed by atoms with van der Waals surface area (Å²) in [6, 6.07) is 2.65. The summed E-state index contributed by atoms with van der Waals surface area (Å²) >= 11 is 4.06. The van der Waals surface area contributed by atoms with E-state index in [4.69, 9.17) is 16.3 Å². The molecule has 0 amide bonds. The first-order valence-corrected chi connectivity index (χ1v) is 8.91. The zero-order valence-electron chi connectivity index (χ0n) is 12.3. The standard InChI is InChI=1S/C11H13ClN4O5S2/c1-16(2)23(19,20)9-6(12)4-5-7(8(9)17)13-10-11(21-3)15-22(18)14-10/h4-5,17H,1-3H3,(H,13,14). The molecule has 1 aromatic rings. The van der Waals surface area contributed by atoms with Crippen LogP contribution >= 0.6 is 11.6 Å². The van der Waals surface area contributed by atoms with Gasteiger partial charge in [0.15, 0.2) is 5.75 Å². The smallest absolute Gasteiger partial charge is 0.271 e. The van der Waals surface area contributed by atoms with E-state index in [1.807, 2.05) is 0 Å². The quantitative estimate of drug-likeness (QED) is 0.746. The summed E-state index contributed by atoms with van der Waals surface area (Å²) in [4.78, 5) is -0.454. The number of rotatable bonds is 3. The normalized spacial score (nSPS) is 17.9. The summed E-state index contributed by atoms with van der Waals surface area (Å²) in [5, 5.41) is 12.8. The second-order valence-electron chi connectivity index (χ2n) is 4.46. The first-order chi connectivity index (χ1) is 10.7. The van der Waals surface area contributed by atoms with Crippen LogP contribution in [0.3, 0.4) is 0 Å². The Bertz CT molecular complexity index is 835. The second kappa shape index (κ2) is 6.43. The topological polar surface area (TPSA) is 121 Å². The number of benzene rings is 1. The van der Waals surface area contributed by atoms with Crippen molar-refractivity contribution in [2.75, 3.05) is 26.5 Å². The molecule has 23 heavy (non-hydrogen) atoms. The van der Waals surface area contributed by atoms with Gasteiger partial charge in [0, 0.05) is 14.1 Å². The summed E-state index contributed by atoms with van der Waals surface area (Å²) < 4.78 is 48.9. The number of halogens is 1. The Morgan fingerprint density at radius 3 is 2.57 bits per heavy atom. The lowest BCUT2D eigenvalue weighted by molar-refractivity contribution is 0.413. The number of phenolic OH excluding ortho intramolecular Hbond substituents is 1. The SMILES string of the molecule is COC1=NS(=O)N=C1Nc1ccc(Cl)c(S(=O)(=O)N(C)C)c1O. The number of aromatic hydroxyl groups is 1. The Morgan fingerprint density at radius 2 is 2.00 bits per heavy atom. The van der Waals surface area contributed by atoms with Crippen molar-refractivity contribution in [3.05, 3.63) is 17.2 Å². The van der Waals surface area contributed by atoms with Crippen LogP contribution in [0, 0.1) is 0 Å². The number of amidine groups is 1. The monoisotopic (exact) mass is 380 g/mol. The maximum atomic E-state index is 12.3. The number of phenols is 1. The maximum Gasteiger partial charge on any atom is 0.271 e. The molecule has 9 nitrogen and oxygen atoms in total. The van der Waals surface area contributed by atoms with Crippen molar-refractivity contribution in [2.45, 2.75) is 4.90 Å². The fraction of sp³-hybridized carbons (Fsp3) is 0.273. The molecule has 0 saturated heterocycles. The van der Waals surface area contributed by atoms with Gasteiger partial charge < -0.3 is 15.2 Å². The summed E-state index contributed by atoms with van der Waals surface area (Å²) in [7, 11) is -0.0452. The number of hydrogen-bond acceptors (Lipinski definition) is 6. The van der Waals surface area contributed by atoms with Gasteiger partial charge in [-0.1, -0.05) is 11.6 Å². The molecule has 1 aromatic carbocycles. The molecule has 1 aliphatic rings. The highest BCUT2D eigenvalue weighted by atomic mass is 35.5. The van der Waals surface area contributed by atoms with E-state index in [1.54, 1.807) is 0 Å². The van der Waals surface area contributed by atoms with E-state index >= 15 is 0 Å². The van der Waals surface area contributed by atoms with Crippen LogP contribution in [-0.2, 0) is 25.9 Å². The summed E-state index contributed by atoms with van der Waals surface area (Å²) in [5.41, 5.74) is -0.00257. The molecular weight excluding hydrogens is 368 g/mol. The molecule has 12 heteroatoms. The van der Waals surface area contributed by atoms with Crippen LogP contribution in [0.1, 0.15) is 0 Å². The lowest BCUT2D eigenvalue weighted by Crippen LogP contribution is -2.24. The van der Waals surface area contributed by atoms with E-state index in [0.717, 1.165) is 4.31 Å². The Kier molecular flexibility index (Phi) is 4.94. The average molecular weight is 381 g/mol. The van der Waals surface area contributed by atoms with E-state index in [2.05, 4.69) is 14.1 Å². The van der Waals surface area contributed by atoms with Crippen molar-refractivity contribution in [3.63, 3.8) is 0 Å². The third-order valence-corrected chi connectivity index (χ3v) is 5.78. The molecule has 1 heterocycles. The Balaban J connectivity index is 2.50. The van der Waals surface area contributed by atoms with Gasteiger partial charge in [-0.2, -0.15) is 0 Å². The molecule has 0 aliphatic carbocycles. The van der Waals surface area contributed by atoms with Crippen molar-refractivity contribution in [1.82, 2.24) is 4.31 Å². The van der Waals surface area contributed by atoms with Crippen LogP contribution in [-0.4, -0.2) is 55.0 Å². The summed E-state index contributed by atoms with van der Waals surface area (Å²) in [6.07, 6.45) is 0. The zero-order chi connectivity index (χ0) is 17.4. The second-order valence-corrected chi connectivity index (χ2v) is 7.78. The Morgan fingerprint density at radius 1 is 1.35 bits per heavy atom. The number of hydrogen-bond donors (Lipinski definition) is 2. The fourth-order valence-corrected chi connectivity index (χ4v) is 3.77. The minimum atomic E-state index is -3.97. The van der Waals surface area contributed by atoms with Gasteiger partial charge in [-0.15, -0.1) is 8.80 Å². The lowest BCUT2D eigenvalue weighted by Gasteiger charge is -2.16. The van der Waals surface area contributed by atoms with Gasteiger partial charge in [-0.25, -0.2) is 16.9 Å². The molecule has 0 radical (unpaired) electrons. The molecule has 2 rings (SSSR count). The minimum Gasteiger partial charge on any atom is -0.504 e. The number of nitrogens with one attached hydrogen (secondary N) is 1. The Hall–Kier alpha value is -1.69. The van der Waals surface area contributed by atoms with E-state index in [9.17, 15) is 17.7 Å². The number of nitrogens with zero attached hydrogens (tertiary/aromatic N) is 3. The maximum absolute atomic E-state index is 12.3. The molecule has 0 fully saturated rings. The third kappa shape index (κ3) is 3.32. The molecule has 0 aromatic heterocycles. The van der Waals surface area contributed by atoms with Crippen LogP contribution in [0.2, 0.25) is 5.02 Å². The molecule has 0 saturated carbocycles. The van der Waals surface area contributed by atoms with Crippen LogP contribution in [0.5, 0.6) is 5.75 Å². The van der Waals surface area contributed by atoms with Crippen molar-refractivity contribution in [2.24, 2.45) is 8.80 Å². The minimum absolute atomic E-state index is 0.00257. The highest BCUT2D eigenvalue weighted by molar-refractivity contribution is 7.89. The number of ether oxygens (including phenoxy) is 1. The molecule has 126 valence electrons. The first-order valence-electron chi connectivity index (χ1n) is 6.03. The van der Waals surface area contributed by atoms with E-state index in [0.29, 0.717) is 0 Å². The summed E-state index contributed by atoms with van der Waals surface area (Å²) in [5.74, 6) is -0.631. The molecule has 1 aliphatic heterocycles. The Labute approximate surface area is 140 Å². The molecule has 1 unspecified atom stereocenters. The van der Waals surface area contributed by atoms with Crippen molar-refractivity contribution >= 4 is 50.2 Å². The van der Waals surface area contributed by atoms with E-state index in [-0.39, 0.29) is 22.4 Å². The highest BCUT2D eigenvalue weighted by Crippen LogP contribution is 2.38. The van der Waals surface area contributed by atoms with Gasteiger partial charge in [-0.3, -0.25) is 0 Å². The van der Waals surface area contributed by atoms with Gasteiger partial charge in [0.1, 0.15) is 4.90 Å². The van der Waals surface area contributed by atoms with E-state index in [1.165, 1.54) is 33.3 Å². The number of sulfonamides is 1. The zero-order valence-corrected chi connectivity index (χ0v) is 14.7. The predicted molar refractivity (Wildman–Crippen MR) is 87.6 cm³/mol. The van der Waals surface area contributed by atoms with Gasteiger partial charge in [0.25, 0.3) is 17.1 Å². The van der Waals surface area contributed by atoms with Crippen LogP contribution in [0.25, 0.3) is 0 Å². The number of anilines is 1. The lowest BCUT2D eigenvalue weighted by atomic mass is 10.3. The summed E-state index contributed by atoms with van der Waals surface area (Å²) in [6.45, 7) is 0. The van der Waals surface area contributed by atoms with Gasteiger partial charge in [0.05, 0.1) is 17.8 Å². The van der Waals surface area contributed by atoms with Crippen molar-refractivity contribution in [1.29, 1.82) is 0 Å². The van der Waals surface area contributed by atoms with Crippen molar-refractivity contribution < 1.29 is 22.5 Å². The molecule has 0 spiro atoms. The van der Waals surface area contributed by atoms with Crippen LogP contribution in [0.4, 0.5) is 5.69 Å². The highest BCUT2D eigenvalue weighted by Gasteiger charge is 2.28.